The summed E-state index contributed by atoms with van der Waals surface area (Å²) < 4.78 is 45.1. The van der Waals surface area contributed by atoms with Gasteiger partial charge in [-0.2, -0.15) is 0 Å². The molecule has 0 spiro atoms. The number of anilines is 1. The van der Waals surface area contributed by atoms with Crippen molar-refractivity contribution in [3.8, 4) is 5.75 Å². The summed E-state index contributed by atoms with van der Waals surface area (Å²) in [6.45, 7) is 2.82. The largest absolute Gasteiger partial charge is 0.573 e. The van der Waals surface area contributed by atoms with Crippen molar-refractivity contribution in [2.45, 2.75) is 6.36 Å². The Kier molecular flexibility index (Phi) is 6.28. The fourth-order valence-electron chi connectivity index (χ4n) is 2.86. The molecule has 1 aliphatic rings. The zero-order valence-electron chi connectivity index (χ0n) is 16.3. The molecule has 0 aromatic heterocycles. The predicted molar refractivity (Wildman–Crippen MR) is 104 cm³/mol. The van der Waals surface area contributed by atoms with E-state index in [1.54, 1.807) is 0 Å². The van der Waals surface area contributed by atoms with E-state index in [-0.39, 0.29) is 28.9 Å². The fraction of sp³-hybridized carbons (Fsp3) is 0.143. The number of halogens is 3. The van der Waals surface area contributed by atoms with Crippen LogP contribution in [-0.4, -0.2) is 48.1 Å². The molecule has 0 aliphatic carbocycles. The average molecular weight is 448 g/mol. The highest BCUT2D eigenvalue weighted by Crippen LogP contribution is 2.25. The molecular formula is C21H15F3N2O6. The molecule has 32 heavy (non-hydrogen) atoms. The lowest BCUT2D eigenvalue weighted by Crippen LogP contribution is -2.29. The number of nitrogens with zero attached hydrogens (tertiary/aromatic N) is 1. The molecule has 0 bridgehead atoms. The second-order valence-electron chi connectivity index (χ2n) is 6.47. The number of hydrogen-bond acceptors (Lipinski definition) is 6. The Morgan fingerprint density at radius 1 is 1.03 bits per heavy atom. The highest BCUT2D eigenvalue weighted by atomic mass is 19.4. The summed E-state index contributed by atoms with van der Waals surface area (Å²) in [5.41, 5.74) is 0.303. The first-order valence-corrected chi connectivity index (χ1v) is 9.03. The third-order valence-corrected chi connectivity index (χ3v) is 4.22. The van der Waals surface area contributed by atoms with Gasteiger partial charge in [-0.25, -0.2) is 4.79 Å². The van der Waals surface area contributed by atoms with Crippen LogP contribution in [0.15, 0.2) is 55.1 Å². The Morgan fingerprint density at radius 3 is 2.31 bits per heavy atom. The molecule has 2 aromatic rings. The van der Waals surface area contributed by atoms with Gasteiger partial charge in [-0.3, -0.25) is 19.3 Å². The minimum Gasteiger partial charge on any atom is -0.452 e. The molecule has 11 heteroatoms. The molecule has 0 atom stereocenters. The number of hydrogen-bond donors (Lipinski definition) is 1. The molecular weight excluding hydrogens is 433 g/mol. The van der Waals surface area contributed by atoms with E-state index in [1.165, 1.54) is 36.4 Å². The number of amides is 3. The maximum Gasteiger partial charge on any atom is 0.573 e. The summed E-state index contributed by atoms with van der Waals surface area (Å²) in [6, 6.07) is 8.19. The van der Waals surface area contributed by atoms with Crippen molar-refractivity contribution >= 4 is 29.4 Å². The van der Waals surface area contributed by atoms with Crippen LogP contribution in [0.3, 0.4) is 0 Å². The normalized spacial score (nSPS) is 12.9. The van der Waals surface area contributed by atoms with Crippen LogP contribution in [0.2, 0.25) is 0 Å². The minimum atomic E-state index is -4.83. The monoisotopic (exact) mass is 448 g/mol. The van der Waals surface area contributed by atoms with Crippen LogP contribution < -0.4 is 10.1 Å². The molecule has 8 nitrogen and oxygen atoms in total. The summed E-state index contributed by atoms with van der Waals surface area (Å²) in [5, 5.41) is 2.35. The smallest absolute Gasteiger partial charge is 0.452 e. The molecule has 2 aromatic carbocycles. The number of esters is 1. The number of fused-ring (bicyclic) bond motifs is 1. The summed E-state index contributed by atoms with van der Waals surface area (Å²) in [6.07, 6.45) is -3.44. The van der Waals surface area contributed by atoms with Crippen molar-refractivity contribution in [1.82, 2.24) is 4.90 Å². The number of carbonyl (C=O) groups excluding carboxylic acids is 4. The van der Waals surface area contributed by atoms with Crippen LogP contribution in [0, 0.1) is 0 Å². The predicted octanol–water partition coefficient (Wildman–Crippen LogP) is 3.16. The van der Waals surface area contributed by atoms with Crippen molar-refractivity contribution < 1.29 is 41.8 Å². The molecule has 0 unspecified atom stereocenters. The molecule has 1 aliphatic heterocycles. The van der Waals surface area contributed by atoms with E-state index in [4.69, 9.17) is 4.74 Å². The fourth-order valence-corrected chi connectivity index (χ4v) is 2.86. The zero-order chi connectivity index (χ0) is 23.5. The van der Waals surface area contributed by atoms with Gasteiger partial charge in [0.25, 0.3) is 17.7 Å². The van der Waals surface area contributed by atoms with E-state index >= 15 is 0 Å². The Hall–Kier alpha value is -4.15. The van der Waals surface area contributed by atoms with Gasteiger partial charge < -0.3 is 14.8 Å². The SMILES string of the molecule is C=CCN1C(=O)c2ccc(C(=O)OCC(=O)Nc3ccc(OC(F)(F)F)cc3)cc2C1=O. The number of imide groups is 1. The summed E-state index contributed by atoms with van der Waals surface area (Å²) in [5.74, 6) is -3.18. The first-order chi connectivity index (χ1) is 15.1. The van der Waals surface area contributed by atoms with Crippen LogP contribution in [0.5, 0.6) is 5.75 Å². The van der Waals surface area contributed by atoms with Crippen LogP contribution in [0.25, 0.3) is 0 Å². The van der Waals surface area contributed by atoms with Gasteiger partial charge in [0.1, 0.15) is 5.75 Å². The van der Waals surface area contributed by atoms with Crippen LogP contribution in [0.4, 0.5) is 18.9 Å². The molecule has 3 rings (SSSR count). The molecule has 0 saturated carbocycles. The lowest BCUT2D eigenvalue weighted by Gasteiger charge is -2.10. The topological polar surface area (TPSA) is 102 Å². The van der Waals surface area contributed by atoms with Crippen molar-refractivity contribution in [2.75, 3.05) is 18.5 Å². The van der Waals surface area contributed by atoms with Crippen molar-refractivity contribution in [3.63, 3.8) is 0 Å². The third kappa shape index (κ3) is 5.12. The second-order valence-corrected chi connectivity index (χ2v) is 6.47. The van der Waals surface area contributed by atoms with E-state index in [9.17, 15) is 32.3 Å². The average Bonchev–Trinajstić information content (AvgIpc) is 2.97. The summed E-state index contributed by atoms with van der Waals surface area (Å²) in [7, 11) is 0. The van der Waals surface area contributed by atoms with Crippen LogP contribution in [-0.2, 0) is 9.53 Å². The van der Waals surface area contributed by atoms with Crippen molar-refractivity contribution in [1.29, 1.82) is 0 Å². The van der Waals surface area contributed by atoms with Gasteiger partial charge in [0.15, 0.2) is 6.61 Å². The quantitative estimate of drug-likeness (QED) is 0.397. The third-order valence-electron chi connectivity index (χ3n) is 4.22. The van der Waals surface area contributed by atoms with Gasteiger partial charge in [0.2, 0.25) is 0 Å². The molecule has 1 heterocycles. The van der Waals surface area contributed by atoms with E-state index in [0.717, 1.165) is 17.0 Å². The minimum absolute atomic E-state index is 0.0234. The number of rotatable bonds is 7. The Bertz CT molecular complexity index is 1100. The lowest BCUT2D eigenvalue weighted by molar-refractivity contribution is -0.274. The highest BCUT2D eigenvalue weighted by molar-refractivity contribution is 6.22. The molecule has 1 N–H and O–H groups in total. The maximum absolute atomic E-state index is 12.3. The van der Waals surface area contributed by atoms with Gasteiger partial charge in [0, 0.05) is 12.2 Å². The van der Waals surface area contributed by atoms with Crippen LogP contribution >= 0.6 is 0 Å². The van der Waals surface area contributed by atoms with Gasteiger partial charge in [-0.05, 0) is 42.5 Å². The van der Waals surface area contributed by atoms with Crippen molar-refractivity contribution in [3.05, 3.63) is 71.8 Å². The first kappa shape index (κ1) is 22.5. The number of carbonyl (C=O) groups is 4. The maximum atomic E-state index is 12.3. The summed E-state index contributed by atoms with van der Waals surface area (Å²) in [4.78, 5) is 49.6. The van der Waals surface area contributed by atoms with E-state index in [1.807, 2.05) is 0 Å². The highest BCUT2D eigenvalue weighted by Gasteiger charge is 2.35. The van der Waals surface area contributed by atoms with Gasteiger partial charge in [0.05, 0.1) is 16.7 Å². The van der Waals surface area contributed by atoms with E-state index in [0.29, 0.717) is 0 Å². The number of nitrogens with one attached hydrogen (secondary N) is 1. The number of benzene rings is 2. The number of ether oxygens (including phenoxy) is 2. The molecule has 0 radical (unpaired) electrons. The Labute approximate surface area is 179 Å². The Balaban J connectivity index is 1.57. The molecule has 0 fully saturated rings. The standard InChI is InChI=1S/C21H15F3N2O6/c1-2-9-26-18(28)15-8-3-12(10-16(15)19(26)29)20(30)31-11-17(27)25-13-4-6-14(7-5-13)32-21(22,23)24/h2-8,10H,1,9,11H2,(H,25,27). The van der Waals surface area contributed by atoms with E-state index < -0.39 is 42.4 Å². The summed E-state index contributed by atoms with van der Waals surface area (Å²) >= 11 is 0. The Morgan fingerprint density at radius 2 is 1.69 bits per heavy atom. The van der Waals surface area contributed by atoms with Gasteiger partial charge >= 0.3 is 12.3 Å². The van der Waals surface area contributed by atoms with Gasteiger partial charge in [-0.15, -0.1) is 19.8 Å². The second kappa shape index (κ2) is 8.92. The number of alkyl halides is 3. The van der Waals surface area contributed by atoms with Crippen molar-refractivity contribution in [2.24, 2.45) is 0 Å². The molecule has 0 saturated heterocycles. The molecule has 166 valence electrons. The zero-order valence-corrected chi connectivity index (χ0v) is 16.3. The molecule has 3 amide bonds. The first-order valence-electron chi connectivity index (χ1n) is 9.03. The van der Waals surface area contributed by atoms with E-state index in [2.05, 4.69) is 16.6 Å². The van der Waals surface area contributed by atoms with Gasteiger partial charge in [-0.1, -0.05) is 6.08 Å². The van der Waals surface area contributed by atoms with Crippen LogP contribution in [0.1, 0.15) is 31.1 Å². The lowest BCUT2D eigenvalue weighted by atomic mass is 10.1.